The lowest BCUT2D eigenvalue weighted by Crippen LogP contribution is -2.53. The van der Waals surface area contributed by atoms with Crippen LogP contribution in [0.1, 0.15) is 67.2 Å². The van der Waals surface area contributed by atoms with Crippen molar-refractivity contribution >= 4 is 5.91 Å². The zero-order valence-electron chi connectivity index (χ0n) is 14.5. The number of carbonyl (C=O) groups excluding carboxylic acids is 1. The Labute approximate surface area is 129 Å². The highest BCUT2D eigenvalue weighted by molar-refractivity contribution is 5.97. The Morgan fingerprint density at radius 2 is 2.00 bits per heavy atom. The second-order valence-electron chi connectivity index (χ2n) is 8.48. The fourth-order valence-corrected chi connectivity index (χ4v) is 3.91. The van der Waals surface area contributed by atoms with Crippen molar-refractivity contribution in [3.05, 3.63) is 11.3 Å². The van der Waals surface area contributed by atoms with Crippen molar-refractivity contribution in [3.8, 4) is 0 Å². The van der Waals surface area contributed by atoms with E-state index >= 15 is 0 Å². The average molecular weight is 293 g/mol. The summed E-state index contributed by atoms with van der Waals surface area (Å²) in [6.07, 6.45) is 4.10. The normalized spacial score (nSPS) is 30.3. The third kappa shape index (κ3) is 2.72. The fraction of sp³-hybridized carbons (Fsp3) is 0.833. The maximum absolute atomic E-state index is 12.8. The summed E-state index contributed by atoms with van der Waals surface area (Å²) in [6.45, 7) is 13.5. The summed E-state index contributed by atoms with van der Waals surface area (Å²) < 4.78 is 0. The smallest absolute Gasteiger partial charge is 0.254 e. The van der Waals surface area contributed by atoms with Crippen molar-refractivity contribution in [2.45, 2.75) is 73.3 Å². The molecule has 120 valence electrons. The van der Waals surface area contributed by atoms with Gasteiger partial charge in [-0.05, 0) is 37.0 Å². The lowest BCUT2D eigenvalue weighted by molar-refractivity contribution is -0.134. The van der Waals surface area contributed by atoms with Crippen LogP contribution in [-0.2, 0) is 4.79 Å². The zero-order chi connectivity index (χ0) is 16.0. The molecule has 0 saturated carbocycles. The molecule has 2 unspecified atom stereocenters. The van der Waals surface area contributed by atoms with Crippen LogP contribution in [0.4, 0.5) is 0 Å². The first-order valence-electron chi connectivity index (χ1n) is 8.34. The topological polar surface area (TPSA) is 40.5 Å². The monoisotopic (exact) mass is 293 g/mol. The molecule has 0 radical (unpaired) electrons. The minimum Gasteiger partial charge on any atom is -0.511 e. The quantitative estimate of drug-likeness (QED) is 0.843. The van der Waals surface area contributed by atoms with Crippen molar-refractivity contribution in [2.75, 3.05) is 6.54 Å². The minimum atomic E-state index is -0.312. The Bertz CT molecular complexity index is 458. The van der Waals surface area contributed by atoms with E-state index in [1.807, 2.05) is 25.7 Å². The van der Waals surface area contributed by atoms with Gasteiger partial charge < -0.3 is 10.0 Å². The van der Waals surface area contributed by atoms with Crippen LogP contribution in [0, 0.1) is 16.7 Å². The second kappa shape index (κ2) is 5.33. The van der Waals surface area contributed by atoms with E-state index in [1.165, 1.54) is 0 Å². The van der Waals surface area contributed by atoms with Gasteiger partial charge in [0.1, 0.15) is 5.76 Å². The number of rotatable bonds is 3. The number of aliphatic hydroxyl groups excluding tert-OH is 1. The summed E-state index contributed by atoms with van der Waals surface area (Å²) >= 11 is 0. The highest BCUT2D eigenvalue weighted by Crippen LogP contribution is 2.50. The molecule has 1 saturated heterocycles. The molecule has 1 N–H and O–H groups in total. The molecule has 0 spiro atoms. The van der Waals surface area contributed by atoms with Gasteiger partial charge in [-0.25, -0.2) is 0 Å². The van der Waals surface area contributed by atoms with Crippen LogP contribution in [0.15, 0.2) is 11.3 Å². The number of aliphatic hydroxyl groups is 1. The molecule has 2 rings (SSSR count). The summed E-state index contributed by atoms with van der Waals surface area (Å²) in [6, 6.07) is 0.176. The second-order valence-corrected chi connectivity index (χ2v) is 8.48. The third-order valence-electron chi connectivity index (χ3n) is 5.23. The highest BCUT2D eigenvalue weighted by Gasteiger charge is 2.53. The fourth-order valence-electron chi connectivity index (χ4n) is 3.91. The zero-order valence-corrected chi connectivity index (χ0v) is 14.5. The van der Waals surface area contributed by atoms with Crippen LogP contribution >= 0.6 is 0 Å². The molecule has 0 aromatic rings. The van der Waals surface area contributed by atoms with Gasteiger partial charge in [-0.3, -0.25) is 4.79 Å². The van der Waals surface area contributed by atoms with Gasteiger partial charge in [-0.1, -0.05) is 41.5 Å². The molecule has 0 aromatic heterocycles. The molecule has 1 amide bonds. The van der Waals surface area contributed by atoms with E-state index in [0.717, 1.165) is 32.2 Å². The van der Waals surface area contributed by atoms with E-state index in [2.05, 4.69) is 20.8 Å². The van der Waals surface area contributed by atoms with Crippen molar-refractivity contribution in [1.29, 1.82) is 0 Å². The Kier molecular flexibility index (Phi) is 4.16. The summed E-state index contributed by atoms with van der Waals surface area (Å²) in [5.41, 5.74) is 0.0392. The van der Waals surface area contributed by atoms with Crippen LogP contribution in [0.3, 0.4) is 0 Å². The van der Waals surface area contributed by atoms with Gasteiger partial charge >= 0.3 is 0 Å². The van der Waals surface area contributed by atoms with Crippen molar-refractivity contribution < 1.29 is 9.90 Å². The van der Waals surface area contributed by atoms with Crippen LogP contribution in [0.25, 0.3) is 0 Å². The lowest BCUT2D eigenvalue weighted by Gasteiger charge is -2.47. The van der Waals surface area contributed by atoms with E-state index in [0.29, 0.717) is 17.3 Å². The molecule has 0 aliphatic carbocycles. The van der Waals surface area contributed by atoms with E-state index in [1.54, 1.807) is 0 Å². The van der Waals surface area contributed by atoms with Crippen LogP contribution in [-0.4, -0.2) is 28.5 Å². The first-order valence-corrected chi connectivity index (χ1v) is 8.34. The highest BCUT2D eigenvalue weighted by atomic mass is 16.3. The number of amides is 1. The lowest BCUT2D eigenvalue weighted by atomic mass is 9.67. The number of nitrogens with zero attached hydrogens (tertiary/aromatic N) is 1. The van der Waals surface area contributed by atoms with Crippen molar-refractivity contribution in [3.63, 3.8) is 0 Å². The Hall–Kier alpha value is -0.990. The molecular weight excluding hydrogens is 262 g/mol. The van der Waals surface area contributed by atoms with Gasteiger partial charge in [0.15, 0.2) is 0 Å². The largest absolute Gasteiger partial charge is 0.511 e. The number of hydrogen-bond donors (Lipinski definition) is 1. The molecule has 2 heterocycles. The summed E-state index contributed by atoms with van der Waals surface area (Å²) in [5.74, 6) is 1.04. The van der Waals surface area contributed by atoms with E-state index < -0.39 is 0 Å². The molecule has 2 atom stereocenters. The standard InChI is InChI=1S/C18H31NO2/c1-12(2)9-10-18(6)13-8-7-11-19(13)16(21)14(15(18)20)17(3,4)5/h12-13,20H,7-11H2,1-6H3. The maximum Gasteiger partial charge on any atom is 0.254 e. The molecule has 0 bridgehead atoms. The van der Waals surface area contributed by atoms with Crippen molar-refractivity contribution in [1.82, 2.24) is 4.90 Å². The van der Waals surface area contributed by atoms with Crippen molar-refractivity contribution in [2.24, 2.45) is 16.7 Å². The molecule has 2 aliphatic rings. The minimum absolute atomic E-state index is 0.0597. The molecule has 2 aliphatic heterocycles. The van der Waals surface area contributed by atoms with E-state index in [9.17, 15) is 9.90 Å². The maximum atomic E-state index is 12.8. The first-order chi connectivity index (χ1) is 9.59. The van der Waals surface area contributed by atoms with Gasteiger partial charge in [0.2, 0.25) is 0 Å². The molecule has 0 aromatic carbocycles. The van der Waals surface area contributed by atoms with Gasteiger partial charge in [0, 0.05) is 18.0 Å². The molecule has 3 nitrogen and oxygen atoms in total. The van der Waals surface area contributed by atoms with E-state index in [4.69, 9.17) is 0 Å². The van der Waals surface area contributed by atoms with Crippen LogP contribution in [0.5, 0.6) is 0 Å². The molecule has 3 heteroatoms. The number of carbonyl (C=O) groups is 1. The summed E-state index contributed by atoms with van der Waals surface area (Å²) in [7, 11) is 0. The number of hydrogen-bond acceptors (Lipinski definition) is 2. The number of fused-ring (bicyclic) bond motifs is 1. The molecular formula is C18H31NO2. The average Bonchev–Trinajstić information content (AvgIpc) is 2.82. The Morgan fingerprint density at radius 3 is 2.52 bits per heavy atom. The SMILES string of the molecule is CC(C)CCC1(C)C(O)=C(C(C)(C)C)C(=O)N2CCCC21. The van der Waals surface area contributed by atoms with Gasteiger partial charge in [-0.15, -0.1) is 0 Å². The summed E-state index contributed by atoms with van der Waals surface area (Å²) in [5, 5.41) is 11.0. The summed E-state index contributed by atoms with van der Waals surface area (Å²) in [4.78, 5) is 14.8. The Morgan fingerprint density at radius 1 is 1.38 bits per heavy atom. The van der Waals surface area contributed by atoms with Gasteiger partial charge in [-0.2, -0.15) is 0 Å². The Balaban J connectivity index is 2.49. The van der Waals surface area contributed by atoms with Gasteiger partial charge in [0.25, 0.3) is 5.91 Å². The third-order valence-corrected chi connectivity index (χ3v) is 5.23. The predicted octanol–water partition coefficient (Wildman–Crippen LogP) is 4.29. The first kappa shape index (κ1) is 16.4. The van der Waals surface area contributed by atoms with E-state index in [-0.39, 0.29) is 22.8 Å². The molecule has 21 heavy (non-hydrogen) atoms. The predicted molar refractivity (Wildman–Crippen MR) is 86.0 cm³/mol. The molecule has 1 fully saturated rings. The van der Waals surface area contributed by atoms with Crippen LogP contribution < -0.4 is 0 Å². The van der Waals surface area contributed by atoms with Gasteiger partial charge in [0.05, 0.1) is 5.57 Å². The van der Waals surface area contributed by atoms with Crippen LogP contribution in [0.2, 0.25) is 0 Å².